The van der Waals surface area contributed by atoms with Crippen LogP contribution in [-0.2, 0) is 16.1 Å². The van der Waals surface area contributed by atoms with E-state index in [2.05, 4.69) is 27.9 Å². The number of pyridine rings is 1. The van der Waals surface area contributed by atoms with Crippen LogP contribution in [0.2, 0.25) is 5.02 Å². The average Bonchev–Trinajstić information content (AvgIpc) is 2.80. The van der Waals surface area contributed by atoms with Gasteiger partial charge in [0, 0.05) is 63.2 Å². The summed E-state index contributed by atoms with van der Waals surface area (Å²) in [6, 6.07) is 11.3. The van der Waals surface area contributed by atoms with Gasteiger partial charge in [0.1, 0.15) is 18.0 Å². The standard InChI is InChI=1S/C24H31ClN4O3/c1-27-9-11-29(12-10-27)23(30)15-24(19-31-22-6-4-21(25)5-7-22)18-28(13-14-32-24)17-20-3-2-8-26-16-20/h2-8,16H,9-15,17-19H2,1H3/t24-/m0/s1. The Morgan fingerprint density at radius 3 is 2.66 bits per heavy atom. The van der Waals surface area contributed by atoms with Gasteiger partial charge in [-0.2, -0.15) is 0 Å². The minimum absolute atomic E-state index is 0.126. The number of carbonyl (C=O) groups excluding carboxylic acids is 1. The van der Waals surface area contributed by atoms with Gasteiger partial charge < -0.3 is 19.3 Å². The summed E-state index contributed by atoms with van der Waals surface area (Å²) >= 11 is 6.00. The highest BCUT2D eigenvalue weighted by atomic mass is 35.5. The van der Waals surface area contributed by atoms with E-state index in [0.29, 0.717) is 37.0 Å². The third-order valence-corrected chi connectivity index (χ3v) is 6.35. The first-order valence-corrected chi connectivity index (χ1v) is 11.5. The summed E-state index contributed by atoms with van der Waals surface area (Å²) in [6.07, 6.45) is 3.96. The zero-order chi connectivity index (χ0) is 22.4. The second kappa shape index (κ2) is 10.6. The number of aromatic nitrogens is 1. The van der Waals surface area contributed by atoms with Crippen LogP contribution in [-0.4, -0.2) is 90.7 Å². The van der Waals surface area contributed by atoms with E-state index in [0.717, 1.165) is 44.8 Å². The topological polar surface area (TPSA) is 58.1 Å². The number of hydrogen-bond donors (Lipinski definition) is 0. The first-order valence-electron chi connectivity index (χ1n) is 11.1. The molecule has 8 heteroatoms. The molecule has 2 aromatic rings. The molecular formula is C24H31ClN4O3. The van der Waals surface area contributed by atoms with Gasteiger partial charge in [-0.3, -0.25) is 14.7 Å². The maximum atomic E-state index is 13.2. The quantitative estimate of drug-likeness (QED) is 0.635. The monoisotopic (exact) mass is 458 g/mol. The molecular weight excluding hydrogens is 428 g/mol. The molecule has 1 amide bonds. The maximum Gasteiger partial charge on any atom is 0.225 e. The lowest BCUT2D eigenvalue weighted by molar-refractivity contribution is -0.157. The second-order valence-electron chi connectivity index (χ2n) is 8.71. The fourth-order valence-corrected chi connectivity index (χ4v) is 4.37. The van der Waals surface area contributed by atoms with Gasteiger partial charge in [-0.1, -0.05) is 17.7 Å². The molecule has 172 valence electrons. The Hall–Kier alpha value is -2.19. The number of halogens is 1. The van der Waals surface area contributed by atoms with Crippen LogP contribution in [0.3, 0.4) is 0 Å². The average molecular weight is 459 g/mol. The van der Waals surface area contributed by atoms with Gasteiger partial charge in [0.25, 0.3) is 0 Å². The summed E-state index contributed by atoms with van der Waals surface area (Å²) in [4.78, 5) is 24.0. The van der Waals surface area contributed by atoms with Crippen molar-refractivity contribution in [1.82, 2.24) is 19.7 Å². The number of rotatable bonds is 7. The molecule has 1 atom stereocenters. The lowest BCUT2D eigenvalue weighted by Gasteiger charge is -2.43. The largest absolute Gasteiger partial charge is 0.491 e. The molecule has 4 rings (SSSR count). The van der Waals surface area contributed by atoms with E-state index in [1.165, 1.54) is 0 Å². The van der Waals surface area contributed by atoms with Crippen molar-refractivity contribution in [2.75, 3.05) is 59.5 Å². The summed E-state index contributed by atoms with van der Waals surface area (Å²) in [7, 11) is 2.09. The SMILES string of the molecule is CN1CCN(C(=O)C[C@@]2(COc3ccc(Cl)cc3)CN(Cc3cccnc3)CCO2)CC1. The number of likely N-dealkylation sites (N-methyl/N-ethyl adjacent to an activating group) is 1. The van der Waals surface area contributed by atoms with E-state index in [1.807, 2.05) is 29.3 Å². The Morgan fingerprint density at radius 1 is 1.16 bits per heavy atom. The third-order valence-electron chi connectivity index (χ3n) is 6.10. The third kappa shape index (κ3) is 6.19. The lowest BCUT2D eigenvalue weighted by Crippen LogP contribution is -2.58. The predicted molar refractivity (Wildman–Crippen MR) is 124 cm³/mol. The molecule has 0 N–H and O–H groups in total. The van der Waals surface area contributed by atoms with E-state index in [-0.39, 0.29) is 5.91 Å². The highest BCUT2D eigenvalue weighted by Gasteiger charge is 2.41. The Labute approximate surface area is 194 Å². The smallest absolute Gasteiger partial charge is 0.225 e. The van der Waals surface area contributed by atoms with Crippen LogP contribution in [0.25, 0.3) is 0 Å². The van der Waals surface area contributed by atoms with Crippen molar-refractivity contribution >= 4 is 17.5 Å². The lowest BCUT2D eigenvalue weighted by atomic mass is 9.96. The van der Waals surface area contributed by atoms with Crippen molar-refractivity contribution in [1.29, 1.82) is 0 Å². The molecule has 2 saturated heterocycles. The Balaban J connectivity index is 1.47. The van der Waals surface area contributed by atoms with Crippen LogP contribution in [0.5, 0.6) is 5.75 Å². The number of carbonyl (C=O) groups is 1. The summed E-state index contributed by atoms with van der Waals surface area (Å²) < 4.78 is 12.4. The number of piperazine rings is 1. The second-order valence-corrected chi connectivity index (χ2v) is 9.14. The van der Waals surface area contributed by atoms with Gasteiger partial charge in [0.05, 0.1) is 13.0 Å². The van der Waals surface area contributed by atoms with Gasteiger partial charge in [-0.15, -0.1) is 0 Å². The molecule has 0 aliphatic carbocycles. The van der Waals surface area contributed by atoms with Crippen molar-refractivity contribution in [3.05, 3.63) is 59.4 Å². The highest BCUT2D eigenvalue weighted by molar-refractivity contribution is 6.30. The van der Waals surface area contributed by atoms with Crippen molar-refractivity contribution in [3.8, 4) is 5.75 Å². The van der Waals surface area contributed by atoms with E-state index >= 15 is 0 Å². The van der Waals surface area contributed by atoms with Crippen LogP contribution >= 0.6 is 11.6 Å². The Bertz CT molecular complexity index is 875. The maximum absolute atomic E-state index is 13.2. The van der Waals surface area contributed by atoms with Gasteiger partial charge in [-0.25, -0.2) is 0 Å². The van der Waals surface area contributed by atoms with Gasteiger partial charge in [0.2, 0.25) is 5.91 Å². The van der Waals surface area contributed by atoms with E-state index < -0.39 is 5.60 Å². The molecule has 0 radical (unpaired) electrons. The minimum atomic E-state index is -0.708. The molecule has 7 nitrogen and oxygen atoms in total. The molecule has 0 unspecified atom stereocenters. The Morgan fingerprint density at radius 2 is 1.94 bits per heavy atom. The van der Waals surface area contributed by atoms with Crippen molar-refractivity contribution in [2.45, 2.75) is 18.6 Å². The molecule has 0 saturated carbocycles. The molecule has 2 fully saturated rings. The van der Waals surface area contributed by atoms with Crippen molar-refractivity contribution in [3.63, 3.8) is 0 Å². The summed E-state index contributed by atoms with van der Waals surface area (Å²) in [6.45, 7) is 6.35. The minimum Gasteiger partial charge on any atom is -0.491 e. The summed E-state index contributed by atoms with van der Waals surface area (Å²) in [5, 5.41) is 0.661. The first kappa shape index (κ1) is 23.0. The van der Waals surface area contributed by atoms with Gasteiger partial charge >= 0.3 is 0 Å². The van der Waals surface area contributed by atoms with Crippen molar-refractivity contribution in [2.24, 2.45) is 0 Å². The molecule has 1 aromatic heterocycles. The summed E-state index contributed by atoms with van der Waals surface area (Å²) in [5.74, 6) is 0.842. The van der Waals surface area contributed by atoms with Crippen LogP contribution in [0, 0.1) is 0 Å². The van der Waals surface area contributed by atoms with Gasteiger partial charge in [-0.05, 0) is 42.9 Å². The molecule has 3 heterocycles. The van der Waals surface area contributed by atoms with E-state index in [9.17, 15) is 4.79 Å². The molecule has 0 bridgehead atoms. The predicted octanol–water partition coefficient (Wildman–Crippen LogP) is 2.55. The number of nitrogens with zero attached hydrogens (tertiary/aromatic N) is 4. The number of amides is 1. The molecule has 1 aromatic carbocycles. The van der Waals surface area contributed by atoms with Crippen LogP contribution in [0.15, 0.2) is 48.8 Å². The number of benzene rings is 1. The molecule has 32 heavy (non-hydrogen) atoms. The van der Waals surface area contributed by atoms with Crippen LogP contribution < -0.4 is 4.74 Å². The zero-order valence-electron chi connectivity index (χ0n) is 18.6. The summed E-state index contributed by atoms with van der Waals surface area (Å²) in [5.41, 5.74) is 0.438. The van der Waals surface area contributed by atoms with E-state index in [4.69, 9.17) is 21.1 Å². The van der Waals surface area contributed by atoms with E-state index in [1.54, 1.807) is 18.3 Å². The highest BCUT2D eigenvalue weighted by Crippen LogP contribution is 2.27. The number of hydrogen-bond acceptors (Lipinski definition) is 6. The fraction of sp³-hybridized carbons (Fsp3) is 0.500. The fourth-order valence-electron chi connectivity index (χ4n) is 4.24. The van der Waals surface area contributed by atoms with Crippen molar-refractivity contribution < 1.29 is 14.3 Å². The molecule has 2 aliphatic rings. The first-order chi connectivity index (χ1) is 15.5. The number of morpholine rings is 1. The van der Waals surface area contributed by atoms with Gasteiger partial charge in [0.15, 0.2) is 0 Å². The molecule has 0 spiro atoms. The van der Waals surface area contributed by atoms with Crippen LogP contribution in [0.4, 0.5) is 0 Å². The Kier molecular flexibility index (Phi) is 7.63. The molecule has 2 aliphatic heterocycles. The zero-order valence-corrected chi connectivity index (χ0v) is 19.3. The number of ether oxygens (including phenoxy) is 2. The normalized spacial score (nSPS) is 22.6. The van der Waals surface area contributed by atoms with Crippen LogP contribution in [0.1, 0.15) is 12.0 Å².